The first-order chi connectivity index (χ1) is 22.7. The van der Waals surface area contributed by atoms with Gasteiger partial charge in [0.25, 0.3) is 5.91 Å². The Hall–Kier alpha value is -4.07. The van der Waals surface area contributed by atoms with Gasteiger partial charge in [0.05, 0.1) is 35.2 Å². The van der Waals surface area contributed by atoms with E-state index in [2.05, 4.69) is 33.6 Å². The number of aryl methyl sites for hydroxylation is 2. The number of hydrogen-bond acceptors (Lipinski definition) is 8. The molecule has 1 amide bonds. The van der Waals surface area contributed by atoms with Crippen LogP contribution in [0, 0.1) is 13.8 Å². The van der Waals surface area contributed by atoms with E-state index in [4.69, 9.17) is 14.9 Å². The van der Waals surface area contributed by atoms with Crippen molar-refractivity contribution in [1.29, 1.82) is 0 Å². The zero-order chi connectivity index (χ0) is 35.2. The fourth-order valence-electron chi connectivity index (χ4n) is 6.58. The second-order valence-corrected chi connectivity index (χ2v) is 12.7. The Morgan fingerprint density at radius 3 is 2.10 bits per heavy atom. The third-order valence-electron chi connectivity index (χ3n) is 9.49. The van der Waals surface area contributed by atoms with Crippen LogP contribution in [0.5, 0.6) is 5.75 Å². The molecule has 0 aliphatic carbocycles. The lowest BCUT2D eigenvalue weighted by Gasteiger charge is -2.52. The van der Waals surface area contributed by atoms with Crippen molar-refractivity contribution in [1.82, 2.24) is 24.7 Å². The minimum absolute atomic E-state index is 0.000198. The second-order valence-electron chi connectivity index (χ2n) is 12.7. The van der Waals surface area contributed by atoms with E-state index in [1.807, 2.05) is 18.7 Å². The number of benzene rings is 2. The molecule has 13 heteroatoms. The van der Waals surface area contributed by atoms with Crippen molar-refractivity contribution < 1.29 is 37.7 Å². The third-order valence-corrected chi connectivity index (χ3v) is 9.49. The zero-order valence-corrected chi connectivity index (χ0v) is 28.0. The number of para-hydroxylation sites is 1. The number of methoxy groups -OCH3 is 1. The largest absolute Gasteiger partial charge is 0.507 e. The van der Waals surface area contributed by atoms with Gasteiger partial charge >= 0.3 is 12.1 Å². The number of ether oxygens (including phenoxy) is 1. The summed E-state index contributed by atoms with van der Waals surface area (Å²) in [5, 5.41) is 17.3. The van der Waals surface area contributed by atoms with Crippen molar-refractivity contribution in [2.24, 2.45) is 0 Å². The summed E-state index contributed by atoms with van der Waals surface area (Å²) >= 11 is 0. The molecule has 0 radical (unpaired) electrons. The highest BCUT2D eigenvalue weighted by Gasteiger charge is 2.41. The minimum Gasteiger partial charge on any atom is -0.507 e. The molecule has 0 bridgehead atoms. The van der Waals surface area contributed by atoms with E-state index in [9.17, 15) is 22.8 Å². The maximum Gasteiger partial charge on any atom is 0.416 e. The second kappa shape index (κ2) is 15.4. The molecule has 2 aromatic carbocycles. The summed E-state index contributed by atoms with van der Waals surface area (Å²) in [5.41, 5.74) is 2.11. The first kappa shape index (κ1) is 36.8. The molecular formula is C35H44F3N5O5. The highest BCUT2D eigenvalue weighted by molar-refractivity contribution is 5.96. The first-order valence-electron chi connectivity index (χ1n) is 15.9. The number of hydrogen-bond donors (Lipinski definition) is 2. The van der Waals surface area contributed by atoms with Gasteiger partial charge in [-0.3, -0.25) is 14.6 Å². The lowest BCUT2D eigenvalue weighted by molar-refractivity contribution is -0.137. The molecule has 260 valence electrons. The number of carbonyl (C=O) groups is 2. The Labute approximate surface area is 279 Å². The topological polar surface area (TPSA) is 119 Å². The molecule has 2 fully saturated rings. The van der Waals surface area contributed by atoms with Crippen LogP contribution in [0.2, 0.25) is 0 Å². The fraction of sp³-hybridized carbons (Fsp3) is 0.486. The third kappa shape index (κ3) is 8.50. The first-order valence-corrected chi connectivity index (χ1v) is 15.9. The Morgan fingerprint density at radius 1 is 1.00 bits per heavy atom. The number of piperazine rings is 1. The van der Waals surface area contributed by atoms with Gasteiger partial charge in [0.1, 0.15) is 17.6 Å². The molecule has 2 N–H and O–H groups in total. The number of aromatic hydroxyl groups is 1. The standard InChI is InChI=1S/C28H38F3N5O2.C7H6O3/c1-19-16-35(14-15-36(19)24(17-38-5)22-6-8-23(9-7-22)28(29,30)31)27(4)10-12-34(13-11-27)26(37)25-20(2)32-18-33-21(25)3;8-6-4-2-1-3-5(6)7(9)10/h6-9,18-19,24H,10-17H2,1-5H3;1-4,8H,(H,9,10)/t19-,24-;/m0./s1. The summed E-state index contributed by atoms with van der Waals surface area (Å²) in [6.45, 7) is 12.4. The van der Waals surface area contributed by atoms with Gasteiger partial charge in [-0.1, -0.05) is 24.3 Å². The highest BCUT2D eigenvalue weighted by Crippen LogP contribution is 2.35. The van der Waals surface area contributed by atoms with Gasteiger partial charge in [0, 0.05) is 51.4 Å². The molecule has 0 spiro atoms. The molecule has 5 rings (SSSR count). The number of alkyl halides is 3. The van der Waals surface area contributed by atoms with Gasteiger partial charge < -0.3 is 19.8 Å². The number of carboxylic acid groups (broad SMARTS) is 1. The van der Waals surface area contributed by atoms with Crippen LogP contribution < -0.4 is 0 Å². The lowest BCUT2D eigenvalue weighted by atomic mass is 9.86. The number of rotatable bonds is 7. The van der Waals surface area contributed by atoms with Gasteiger partial charge in [-0.15, -0.1) is 0 Å². The maximum atomic E-state index is 13.2. The van der Waals surface area contributed by atoms with Crippen molar-refractivity contribution in [2.75, 3.05) is 46.4 Å². The number of piperidine rings is 1. The van der Waals surface area contributed by atoms with Crippen molar-refractivity contribution in [2.45, 2.75) is 64.3 Å². The number of nitrogens with zero attached hydrogens (tertiary/aromatic N) is 5. The smallest absolute Gasteiger partial charge is 0.416 e. The lowest BCUT2D eigenvalue weighted by Crippen LogP contribution is -2.62. The molecule has 2 atom stereocenters. The normalized spacial score (nSPS) is 19.2. The monoisotopic (exact) mass is 671 g/mol. The maximum absolute atomic E-state index is 13.2. The number of carbonyl (C=O) groups excluding carboxylic acids is 1. The van der Waals surface area contributed by atoms with Crippen molar-refractivity contribution in [3.63, 3.8) is 0 Å². The summed E-state index contributed by atoms with van der Waals surface area (Å²) in [7, 11) is 1.62. The average molecular weight is 672 g/mol. The van der Waals surface area contributed by atoms with E-state index in [0.29, 0.717) is 36.6 Å². The van der Waals surface area contributed by atoms with E-state index in [0.717, 1.165) is 50.2 Å². The van der Waals surface area contributed by atoms with Gasteiger partial charge in [0.2, 0.25) is 0 Å². The number of halogens is 3. The SMILES string of the molecule is COC[C@@H](c1ccc(C(F)(F)F)cc1)N1CCN(C2(C)CCN(C(=O)c3c(C)ncnc3C)CC2)C[C@@H]1C.O=C(O)c1ccccc1O. The number of likely N-dealkylation sites (tertiary alicyclic amines) is 1. The Morgan fingerprint density at radius 2 is 1.60 bits per heavy atom. The summed E-state index contributed by atoms with van der Waals surface area (Å²) in [6.07, 6.45) is -1.12. The fourth-order valence-corrected chi connectivity index (χ4v) is 6.58. The molecule has 1 aromatic heterocycles. The van der Waals surface area contributed by atoms with Crippen LogP contribution in [0.4, 0.5) is 13.2 Å². The highest BCUT2D eigenvalue weighted by atomic mass is 19.4. The number of phenols is 1. The van der Waals surface area contributed by atoms with E-state index in [1.54, 1.807) is 31.4 Å². The Bertz CT molecular complexity index is 1540. The average Bonchev–Trinajstić information content (AvgIpc) is 3.04. The molecule has 2 aliphatic rings. The van der Waals surface area contributed by atoms with Crippen LogP contribution in [0.1, 0.15) is 76.0 Å². The molecule has 10 nitrogen and oxygen atoms in total. The predicted octanol–water partition coefficient (Wildman–Crippen LogP) is 5.59. The molecule has 0 unspecified atom stereocenters. The van der Waals surface area contributed by atoms with Crippen molar-refractivity contribution in [3.05, 3.63) is 88.5 Å². The van der Waals surface area contributed by atoms with Crippen LogP contribution in [0.15, 0.2) is 54.9 Å². The van der Waals surface area contributed by atoms with Crippen LogP contribution in [0.25, 0.3) is 0 Å². The van der Waals surface area contributed by atoms with Crippen LogP contribution >= 0.6 is 0 Å². The Kier molecular flexibility index (Phi) is 11.8. The van der Waals surface area contributed by atoms with Gasteiger partial charge in [-0.25, -0.2) is 14.8 Å². The predicted molar refractivity (Wildman–Crippen MR) is 174 cm³/mol. The van der Waals surface area contributed by atoms with Crippen LogP contribution in [-0.2, 0) is 10.9 Å². The summed E-state index contributed by atoms with van der Waals surface area (Å²) < 4.78 is 44.7. The molecule has 48 heavy (non-hydrogen) atoms. The van der Waals surface area contributed by atoms with Gasteiger partial charge in [-0.05, 0) is 70.4 Å². The number of amides is 1. The number of carboxylic acids is 1. The quantitative estimate of drug-likeness (QED) is 0.331. The molecule has 2 aliphatic heterocycles. The molecule has 0 saturated carbocycles. The summed E-state index contributed by atoms with van der Waals surface area (Å²) in [5.74, 6) is -1.31. The van der Waals surface area contributed by atoms with Gasteiger partial charge in [0.15, 0.2) is 0 Å². The van der Waals surface area contributed by atoms with Crippen molar-refractivity contribution in [3.8, 4) is 5.75 Å². The Balaban J connectivity index is 0.000000445. The molecule has 3 heterocycles. The van der Waals surface area contributed by atoms with Crippen LogP contribution in [0.3, 0.4) is 0 Å². The van der Waals surface area contributed by atoms with E-state index >= 15 is 0 Å². The van der Waals surface area contributed by atoms with Gasteiger partial charge in [-0.2, -0.15) is 13.2 Å². The summed E-state index contributed by atoms with van der Waals surface area (Å²) in [6, 6.07) is 11.3. The van der Waals surface area contributed by atoms with E-state index < -0.39 is 17.7 Å². The van der Waals surface area contributed by atoms with E-state index in [-0.39, 0.29) is 34.8 Å². The molecular weight excluding hydrogens is 627 g/mol. The zero-order valence-electron chi connectivity index (χ0n) is 28.0. The summed E-state index contributed by atoms with van der Waals surface area (Å²) in [4.78, 5) is 38.7. The van der Waals surface area contributed by atoms with Crippen LogP contribution in [-0.4, -0.2) is 105 Å². The van der Waals surface area contributed by atoms with E-state index in [1.165, 1.54) is 18.5 Å². The number of aromatic nitrogens is 2. The molecule has 3 aromatic rings. The van der Waals surface area contributed by atoms with Crippen molar-refractivity contribution >= 4 is 11.9 Å². The number of aromatic carboxylic acids is 1. The minimum atomic E-state index is -4.35. The molecule has 2 saturated heterocycles.